The summed E-state index contributed by atoms with van der Waals surface area (Å²) in [7, 11) is -3.25. The summed E-state index contributed by atoms with van der Waals surface area (Å²) in [5.41, 5.74) is -0.221. The van der Waals surface area contributed by atoms with Crippen molar-refractivity contribution in [3.63, 3.8) is 0 Å². The second-order valence-corrected chi connectivity index (χ2v) is 10.9. The van der Waals surface area contributed by atoms with Crippen LogP contribution in [0.4, 0.5) is 0 Å². The maximum absolute atomic E-state index is 12.6. The van der Waals surface area contributed by atoms with Gasteiger partial charge in [-0.25, -0.2) is 22.5 Å². The Bertz CT molecular complexity index is 1190. The molecule has 0 saturated carbocycles. The van der Waals surface area contributed by atoms with E-state index in [1.165, 1.54) is 15.1 Å². The van der Waals surface area contributed by atoms with Gasteiger partial charge in [0.05, 0.1) is 6.26 Å². The SMILES string of the molecule is CCCCn1c(=O)[nH]c(=O)c2c1nc(CCC(=O)NCCCN(CC)S(C)(=O)=O)n2CC(C)C. The van der Waals surface area contributed by atoms with Crippen LogP contribution in [0.2, 0.25) is 0 Å². The van der Waals surface area contributed by atoms with E-state index in [4.69, 9.17) is 0 Å². The number of aromatic amines is 1. The molecule has 2 rings (SSSR count). The molecule has 2 heterocycles. The number of imidazole rings is 1. The summed E-state index contributed by atoms with van der Waals surface area (Å²) in [4.78, 5) is 44.5. The summed E-state index contributed by atoms with van der Waals surface area (Å²) in [6, 6.07) is 0. The molecular weight excluding hydrogens is 460 g/mol. The molecule has 0 saturated heterocycles. The molecule has 2 aromatic rings. The number of hydrogen-bond acceptors (Lipinski definition) is 6. The number of carbonyl (C=O) groups is 1. The van der Waals surface area contributed by atoms with Crippen molar-refractivity contribution in [2.45, 2.75) is 72.9 Å². The third kappa shape index (κ3) is 7.26. The highest BCUT2D eigenvalue weighted by Gasteiger charge is 2.20. The van der Waals surface area contributed by atoms with Gasteiger partial charge in [-0.05, 0) is 18.8 Å². The average Bonchev–Trinajstić information content (AvgIpc) is 3.09. The van der Waals surface area contributed by atoms with Crippen LogP contribution in [0.3, 0.4) is 0 Å². The molecule has 192 valence electrons. The van der Waals surface area contributed by atoms with E-state index in [1.807, 2.05) is 25.3 Å². The second-order valence-electron chi connectivity index (χ2n) is 8.93. The molecule has 1 amide bonds. The first kappa shape index (κ1) is 27.8. The lowest BCUT2D eigenvalue weighted by Gasteiger charge is -2.17. The van der Waals surface area contributed by atoms with Crippen molar-refractivity contribution in [3.05, 3.63) is 26.7 Å². The summed E-state index contributed by atoms with van der Waals surface area (Å²) < 4.78 is 28.0. The average molecular weight is 499 g/mol. The Kier molecular flexibility index (Phi) is 10.0. The van der Waals surface area contributed by atoms with Crippen LogP contribution in [0.15, 0.2) is 9.59 Å². The molecule has 0 spiro atoms. The van der Waals surface area contributed by atoms with E-state index in [0.717, 1.165) is 12.8 Å². The van der Waals surface area contributed by atoms with Gasteiger partial charge in [-0.3, -0.25) is 19.1 Å². The summed E-state index contributed by atoms with van der Waals surface area (Å²) in [6.07, 6.45) is 3.85. The molecule has 0 radical (unpaired) electrons. The maximum atomic E-state index is 12.6. The van der Waals surface area contributed by atoms with Crippen LogP contribution in [0.5, 0.6) is 0 Å². The Labute approximate surface area is 200 Å². The molecule has 0 bridgehead atoms. The Morgan fingerprint density at radius 2 is 1.88 bits per heavy atom. The lowest BCUT2D eigenvalue weighted by molar-refractivity contribution is -0.121. The van der Waals surface area contributed by atoms with Gasteiger partial charge in [-0.15, -0.1) is 0 Å². The van der Waals surface area contributed by atoms with Gasteiger partial charge in [-0.2, -0.15) is 0 Å². The summed E-state index contributed by atoms with van der Waals surface area (Å²) >= 11 is 0. The first-order chi connectivity index (χ1) is 16.0. The lowest BCUT2D eigenvalue weighted by Crippen LogP contribution is -2.33. The van der Waals surface area contributed by atoms with E-state index in [0.29, 0.717) is 62.6 Å². The lowest BCUT2D eigenvalue weighted by atomic mass is 10.2. The Morgan fingerprint density at radius 1 is 1.18 bits per heavy atom. The van der Waals surface area contributed by atoms with Gasteiger partial charge < -0.3 is 9.88 Å². The van der Waals surface area contributed by atoms with Crippen molar-refractivity contribution in [2.75, 3.05) is 25.9 Å². The number of hydrogen-bond donors (Lipinski definition) is 2. The molecule has 34 heavy (non-hydrogen) atoms. The van der Waals surface area contributed by atoms with E-state index < -0.39 is 21.3 Å². The van der Waals surface area contributed by atoms with Crippen LogP contribution in [-0.2, 0) is 34.3 Å². The normalized spacial score (nSPS) is 12.2. The van der Waals surface area contributed by atoms with Gasteiger partial charge in [0.25, 0.3) is 5.56 Å². The predicted octanol–water partition coefficient (Wildman–Crippen LogP) is 1.06. The highest BCUT2D eigenvalue weighted by Crippen LogP contribution is 2.16. The standard InChI is InChI=1S/C22H38N6O5S/c1-6-8-14-27-20-19(21(30)25-22(27)31)28(15-16(3)4)17(24-20)10-11-18(29)23-12-9-13-26(7-2)34(5,32)33/h16H,6-15H2,1-5H3,(H,23,29)(H,25,30,31). The topological polar surface area (TPSA) is 139 Å². The van der Waals surface area contributed by atoms with E-state index >= 15 is 0 Å². The van der Waals surface area contributed by atoms with Gasteiger partial charge in [0.1, 0.15) is 5.82 Å². The minimum atomic E-state index is -3.25. The number of nitrogens with one attached hydrogen (secondary N) is 2. The second kappa shape index (κ2) is 12.3. The zero-order chi connectivity index (χ0) is 25.5. The first-order valence-corrected chi connectivity index (χ1v) is 13.8. The number of aryl methyl sites for hydroxylation is 2. The molecule has 12 heteroatoms. The summed E-state index contributed by atoms with van der Waals surface area (Å²) in [6.45, 7) is 9.96. The summed E-state index contributed by atoms with van der Waals surface area (Å²) in [5.74, 6) is 0.647. The molecule has 2 aromatic heterocycles. The highest BCUT2D eigenvalue weighted by atomic mass is 32.2. The first-order valence-electron chi connectivity index (χ1n) is 11.9. The van der Waals surface area contributed by atoms with Gasteiger partial charge in [0.2, 0.25) is 15.9 Å². The zero-order valence-electron chi connectivity index (χ0n) is 20.9. The van der Waals surface area contributed by atoms with Crippen LogP contribution < -0.4 is 16.6 Å². The number of carbonyl (C=O) groups excluding carboxylic acids is 1. The van der Waals surface area contributed by atoms with Gasteiger partial charge >= 0.3 is 5.69 Å². The number of H-pyrrole nitrogens is 1. The fourth-order valence-electron chi connectivity index (χ4n) is 3.85. The van der Waals surface area contributed by atoms with Crippen molar-refractivity contribution in [1.82, 2.24) is 28.7 Å². The molecule has 0 unspecified atom stereocenters. The van der Waals surface area contributed by atoms with Crippen molar-refractivity contribution in [2.24, 2.45) is 5.92 Å². The van der Waals surface area contributed by atoms with E-state index in [9.17, 15) is 22.8 Å². The maximum Gasteiger partial charge on any atom is 0.330 e. The van der Waals surface area contributed by atoms with Crippen LogP contribution in [0.1, 0.15) is 59.2 Å². The van der Waals surface area contributed by atoms with Crippen molar-refractivity contribution in [1.29, 1.82) is 0 Å². The monoisotopic (exact) mass is 498 g/mol. The molecule has 0 fully saturated rings. The smallest absolute Gasteiger partial charge is 0.330 e. The molecule has 0 aromatic carbocycles. The van der Waals surface area contributed by atoms with Gasteiger partial charge in [0, 0.05) is 45.6 Å². The molecule has 0 atom stereocenters. The number of fused-ring (bicyclic) bond motifs is 1. The molecule has 0 aliphatic carbocycles. The molecular formula is C22H38N6O5S. The number of amides is 1. The van der Waals surface area contributed by atoms with Crippen molar-refractivity contribution in [3.8, 4) is 0 Å². The third-order valence-corrected chi connectivity index (χ3v) is 6.93. The quantitative estimate of drug-likeness (QED) is 0.374. The predicted molar refractivity (Wildman–Crippen MR) is 132 cm³/mol. The van der Waals surface area contributed by atoms with E-state index in [-0.39, 0.29) is 18.2 Å². The largest absolute Gasteiger partial charge is 0.356 e. The van der Waals surface area contributed by atoms with Crippen LogP contribution >= 0.6 is 0 Å². The van der Waals surface area contributed by atoms with E-state index in [1.54, 1.807) is 6.92 Å². The number of rotatable bonds is 14. The van der Waals surface area contributed by atoms with Crippen molar-refractivity contribution >= 4 is 27.1 Å². The van der Waals surface area contributed by atoms with Crippen molar-refractivity contribution < 1.29 is 13.2 Å². The zero-order valence-corrected chi connectivity index (χ0v) is 21.7. The minimum Gasteiger partial charge on any atom is -0.356 e. The minimum absolute atomic E-state index is 0.169. The number of nitrogens with zero attached hydrogens (tertiary/aromatic N) is 4. The van der Waals surface area contributed by atoms with Crippen LogP contribution in [-0.4, -0.2) is 63.6 Å². The highest BCUT2D eigenvalue weighted by molar-refractivity contribution is 7.88. The fourth-order valence-corrected chi connectivity index (χ4v) is 4.78. The van der Waals surface area contributed by atoms with Crippen LogP contribution in [0.25, 0.3) is 11.2 Å². The molecule has 2 N–H and O–H groups in total. The van der Waals surface area contributed by atoms with E-state index in [2.05, 4.69) is 15.3 Å². The van der Waals surface area contributed by atoms with Gasteiger partial charge in [0.15, 0.2) is 11.2 Å². The molecule has 0 aliphatic heterocycles. The summed E-state index contributed by atoms with van der Waals surface area (Å²) in [5, 5.41) is 2.82. The third-order valence-electron chi connectivity index (χ3n) is 5.55. The number of unbranched alkanes of at least 4 members (excludes halogenated alkanes) is 1. The molecule has 0 aliphatic rings. The Morgan fingerprint density at radius 3 is 2.47 bits per heavy atom. The Hall–Kier alpha value is -2.47. The molecule has 11 nitrogen and oxygen atoms in total. The number of sulfonamides is 1. The number of aromatic nitrogens is 4. The Balaban J connectivity index is 2.15. The fraction of sp³-hybridized carbons (Fsp3) is 0.727. The van der Waals surface area contributed by atoms with Crippen LogP contribution in [0, 0.1) is 5.92 Å². The van der Waals surface area contributed by atoms with Gasteiger partial charge in [-0.1, -0.05) is 34.1 Å².